The van der Waals surface area contributed by atoms with E-state index < -0.39 is 17.5 Å². The zero-order valence-corrected chi connectivity index (χ0v) is 14.9. The number of aromatic nitrogens is 1. The maximum atomic E-state index is 11.7. The molecule has 8 heteroatoms. The Morgan fingerprint density at radius 2 is 1.70 bits per heavy atom. The summed E-state index contributed by atoms with van der Waals surface area (Å²) in [6.07, 6.45) is 3.25. The average molecular weight is 377 g/mol. The first-order valence-corrected chi connectivity index (χ1v) is 8.25. The van der Waals surface area contributed by atoms with Gasteiger partial charge in [0.1, 0.15) is 5.52 Å². The SMILES string of the molecule is O=C(O)C(=O)c1ccc2[c]([Al])cc(/C=C/c3ccc(O)c(O)c3)nc2c1O. The highest BCUT2D eigenvalue weighted by atomic mass is 27.0. The van der Waals surface area contributed by atoms with E-state index in [4.69, 9.17) is 5.11 Å². The molecule has 0 spiro atoms. The van der Waals surface area contributed by atoms with Crippen LogP contribution < -0.4 is 4.43 Å². The molecule has 3 aromatic rings. The number of carboxylic acid groups (broad SMARTS) is 1. The molecule has 0 bridgehead atoms. The molecule has 2 radical (unpaired) electrons. The average Bonchev–Trinajstić information content (AvgIpc) is 2.63. The number of rotatable bonds is 4. The zero-order valence-electron chi connectivity index (χ0n) is 13.7. The second kappa shape index (κ2) is 7.11. The first kappa shape index (κ1) is 18.5. The van der Waals surface area contributed by atoms with Crippen LogP contribution in [-0.2, 0) is 4.79 Å². The van der Waals surface area contributed by atoms with Gasteiger partial charge in [-0.2, -0.15) is 0 Å². The largest absolute Gasteiger partial charge is 0.505 e. The van der Waals surface area contributed by atoms with Gasteiger partial charge in [0.2, 0.25) is 0 Å². The molecule has 132 valence electrons. The van der Waals surface area contributed by atoms with E-state index in [-0.39, 0.29) is 22.6 Å². The Labute approximate surface area is 161 Å². The lowest BCUT2D eigenvalue weighted by molar-refractivity contribution is -0.131. The topological polar surface area (TPSA) is 128 Å². The second-order valence-corrected chi connectivity index (χ2v) is 6.33. The van der Waals surface area contributed by atoms with E-state index in [0.29, 0.717) is 21.1 Å². The fourth-order valence-corrected chi connectivity index (χ4v) is 2.94. The minimum Gasteiger partial charge on any atom is -0.505 e. The molecule has 0 amide bonds. The van der Waals surface area contributed by atoms with Gasteiger partial charge in [-0.15, -0.1) is 4.43 Å². The van der Waals surface area contributed by atoms with Crippen molar-refractivity contribution in [2.24, 2.45) is 0 Å². The molecular formula is C19H12AlNO6. The molecule has 7 nitrogen and oxygen atoms in total. The number of phenolic OH excluding ortho intramolecular Hbond substituents is 3. The van der Waals surface area contributed by atoms with Crippen LogP contribution in [0.4, 0.5) is 0 Å². The molecule has 0 fully saturated rings. The molecule has 0 aliphatic rings. The number of aliphatic carboxylic acids is 1. The summed E-state index contributed by atoms with van der Waals surface area (Å²) >= 11 is 2.49. The molecule has 0 aliphatic carbocycles. The van der Waals surface area contributed by atoms with E-state index in [1.165, 1.54) is 24.3 Å². The smallest absolute Gasteiger partial charge is 0.377 e. The number of aromatic hydroxyl groups is 3. The van der Waals surface area contributed by atoms with Crippen molar-refractivity contribution in [1.82, 2.24) is 4.98 Å². The van der Waals surface area contributed by atoms with Crippen LogP contribution in [0.15, 0.2) is 36.4 Å². The van der Waals surface area contributed by atoms with Crippen LogP contribution in [0.2, 0.25) is 0 Å². The lowest BCUT2D eigenvalue weighted by Gasteiger charge is -2.09. The molecule has 0 saturated carbocycles. The molecule has 27 heavy (non-hydrogen) atoms. The van der Waals surface area contributed by atoms with Crippen molar-refractivity contribution in [1.29, 1.82) is 0 Å². The Hall–Kier alpha value is -3.34. The van der Waals surface area contributed by atoms with Gasteiger partial charge in [0.25, 0.3) is 5.78 Å². The fourth-order valence-electron chi connectivity index (χ4n) is 2.53. The third-order valence-corrected chi connectivity index (χ3v) is 4.37. The maximum Gasteiger partial charge on any atom is 0.377 e. The summed E-state index contributed by atoms with van der Waals surface area (Å²) in [7, 11) is 0. The number of ketones is 1. The number of benzene rings is 2. The molecule has 4 N–H and O–H groups in total. The van der Waals surface area contributed by atoms with Crippen LogP contribution in [0.5, 0.6) is 17.2 Å². The number of carboxylic acids is 1. The fraction of sp³-hybridized carbons (Fsp3) is 0. The molecule has 0 saturated heterocycles. The maximum absolute atomic E-state index is 11.7. The summed E-state index contributed by atoms with van der Waals surface area (Å²) in [4.78, 5) is 26.9. The number of hydrogen-bond acceptors (Lipinski definition) is 6. The first-order chi connectivity index (χ1) is 12.8. The molecule has 1 heterocycles. The second-order valence-electron chi connectivity index (χ2n) is 5.71. The van der Waals surface area contributed by atoms with E-state index in [0.717, 1.165) is 0 Å². The lowest BCUT2D eigenvalue weighted by atomic mass is 10.1. The summed E-state index contributed by atoms with van der Waals surface area (Å²) in [6.45, 7) is 0. The van der Waals surface area contributed by atoms with Gasteiger partial charge in [-0.1, -0.05) is 24.3 Å². The summed E-state index contributed by atoms with van der Waals surface area (Å²) in [5, 5.41) is 38.6. The minimum absolute atomic E-state index is 0.0998. The van der Waals surface area contributed by atoms with Gasteiger partial charge in [-0.05, 0) is 35.2 Å². The van der Waals surface area contributed by atoms with Gasteiger partial charge in [0.15, 0.2) is 33.5 Å². The minimum atomic E-state index is -1.67. The van der Waals surface area contributed by atoms with E-state index in [1.54, 1.807) is 24.3 Å². The summed E-state index contributed by atoms with van der Waals surface area (Å²) in [6, 6.07) is 8.80. The van der Waals surface area contributed by atoms with E-state index in [2.05, 4.69) is 21.3 Å². The van der Waals surface area contributed by atoms with E-state index in [1.807, 2.05) is 0 Å². The van der Waals surface area contributed by atoms with Gasteiger partial charge >= 0.3 is 5.97 Å². The third kappa shape index (κ3) is 3.63. The lowest BCUT2D eigenvalue weighted by Crippen LogP contribution is -2.14. The Bertz CT molecular complexity index is 1120. The highest BCUT2D eigenvalue weighted by molar-refractivity contribution is 6.42. The number of carbonyl (C=O) groups is 2. The normalized spacial score (nSPS) is 11.1. The summed E-state index contributed by atoms with van der Waals surface area (Å²) in [5.74, 6) is -3.88. The van der Waals surface area contributed by atoms with E-state index >= 15 is 0 Å². The van der Waals surface area contributed by atoms with E-state index in [9.17, 15) is 24.9 Å². The van der Waals surface area contributed by atoms with Crippen LogP contribution in [0.25, 0.3) is 23.1 Å². The van der Waals surface area contributed by atoms with Crippen LogP contribution in [0, 0.1) is 0 Å². The van der Waals surface area contributed by atoms with Crippen molar-refractivity contribution < 1.29 is 30.0 Å². The van der Waals surface area contributed by atoms with Crippen LogP contribution in [0.3, 0.4) is 0 Å². The van der Waals surface area contributed by atoms with Crippen molar-refractivity contribution in [2.45, 2.75) is 0 Å². The molecule has 3 rings (SSSR count). The predicted octanol–water partition coefficient (Wildman–Crippen LogP) is 1.58. The standard InChI is InChI=1S/C19H12NO6.Al/c21-14-8-2-10(9-15(14)22)1-5-12-6-3-11-4-7-13(18(24)19(25)26)17(23)16(11)20-12;/h1-2,4-9,21-23H,(H,25,26);/b5-1+;. The van der Waals surface area contributed by atoms with Crippen LogP contribution >= 0.6 is 0 Å². The van der Waals surface area contributed by atoms with Crippen molar-refractivity contribution in [2.75, 3.05) is 0 Å². The zero-order chi connectivity index (χ0) is 19.7. The number of fused-ring (bicyclic) bond motifs is 1. The number of nitrogens with zero attached hydrogens (tertiary/aromatic N) is 1. The van der Waals surface area contributed by atoms with Crippen molar-refractivity contribution in [3.63, 3.8) is 0 Å². The van der Waals surface area contributed by atoms with Crippen molar-refractivity contribution >= 4 is 55.5 Å². The number of hydrogen-bond donors (Lipinski definition) is 4. The Balaban J connectivity index is 2.07. The predicted molar refractivity (Wildman–Crippen MR) is 99.5 cm³/mol. The van der Waals surface area contributed by atoms with Gasteiger partial charge in [0.05, 0.1) is 11.3 Å². The highest BCUT2D eigenvalue weighted by Crippen LogP contribution is 2.28. The quantitative estimate of drug-likeness (QED) is 0.235. The number of carbonyl (C=O) groups excluding carboxylic acids is 1. The molecule has 0 atom stereocenters. The molecule has 0 unspecified atom stereocenters. The molecule has 2 aromatic carbocycles. The van der Waals surface area contributed by atoms with Gasteiger partial charge in [0, 0.05) is 0 Å². The number of Topliss-reactive ketones (excluding diaryl/α,β-unsaturated/α-hetero) is 1. The van der Waals surface area contributed by atoms with Gasteiger partial charge in [-0.3, -0.25) is 4.79 Å². The summed E-state index contributed by atoms with van der Waals surface area (Å²) in [5.41, 5.74) is 0.811. The Kier molecular flexibility index (Phi) is 4.86. The van der Waals surface area contributed by atoms with Gasteiger partial charge < -0.3 is 20.4 Å². The molecular weight excluding hydrogens is 365 g/mol. The Morgan fingerprint density at radius 1 is 0.963 bits per heavy atom. The van der Waals surface area contributed by atoms with Crippen LogP contribution in [-0.4, -0.2) is 53.5 Å². The molecule has 1 aromatic heterocycles. The van der Waals surface area contributed by atoms with Crippen molar-refractivity contribution in [3.05, 3.63) is 53.2 Å². The summed E-state index contributed by atoms with van der Waals surface area (Å²) < 4.78 is 0.692. The number of pyridine rings is 1. The Morgan fingerprint density at radius 3 is 2.37 bits per heavy atom. The van der Waals surface area contributed by atoms with Crippen molar-refractivity contribution in [3.8, 4) is 17.2 Å². The first-order valence-electron chi connectivity index (χ1n) is 7.68. The number of phenols is 3. The molecule has 0 aliphatic heterocycles. The van der Waals surface area contributed by atoms with Gasteiger partial charge in [-0.25, -0.2) is 9.78 Å². The monoisotopic (exact) mass is 377 g/mol. The third-order valence-electron chi connectivity index (χ3n) is 3.89. The highest BCUT2D eigenvalue weighted by Gasteiger charge is 2.21. The van der Waals surface area contributed by atoms with Crippen LogP contribution in [0.1, 0.15) is 21.6 Å².